The lowest BCUT2D eigenvalue weighted by Crippen LogP contribution is -2.30. The molecule has 0 aromatic rings. The van der Waals surface area contributed by atoms with Crippen LogP contribution in [0, 0.1) is 0 Å². The van der Waals surface area contributed by atoms with Crippen LogP contribution in [0.25, 0.3) is 0 Å². The van der Waals surface area contributed by atoms with Crippen LogP contribution in [0.5, 0.6) is 0 Å². The monoisotopic (exact) mass is 1110 g/mol. The van der Waals surface area contributed by atoms with Gasteiger partial charge in [-0.05, 0) is 128 Å². The minimum Gasteiger partial charge on any atom is -0.462 e. The van der Waals surface area contributed by atoms with Gasteiger partial charge < -0.3 is 24.2 Å². The summed E-state index contributed by atoms with van der Waals surface area (Å²) in [6.07, 6.45) is 72.9. The second-order valence-electron chi connectivity index (χ2n) is 19.7. The van der Waals surface area contributed by atoms with Gasteiger partial charge in [0.2, 0.25) is 0 Å². The van der Waals surface area contributed by atoms with Gasteiger partial charge in [-0.25, -0.2) is 4.57 Å². The Balaban J connectivity index is 4.82. The highest BCUT2D eigenvalue weighted by atomic mass is 31.2. The van der Waals surface area contributed by atoms with Crippen LogP contribution in [0.1, 0.15) is 239 Å². The molecule has 78 heavy (non-hydrogen) atoms. The molecule has 3 atom stereocenters. The van der Waals surface area contributed by atoms with Crippen LogP contribution >= 0.6 is 7.82 Å². The molecule has 0 aliphatic rings. The summed E-state index contributed by atoms with van der Waals surface area (Å²) in [4.78, 5) is 48.7. The summed E-state index contributed by atoms with van der Waals surface area (Å²) >= 11 is 0. The van der Waals surface area contributed by atoms with Gasteiger partial charge >= 0.3 is 25.7 Å². The van der Waals surface area contributed by atoms with Gasteiger partial charge in [0.15, 0.2) is 6.10 Å². The Morgan fingerprint density at radius 1 is 0.372 bits per heavy atom. The fourth-order valence-electron chi connectivity index (χ4n) is 7.78. The zero-order chi connectivity index (χ0) is 56.9. The molecular weight excluding hydrogens is 1000 g/mol. The molecule has 0 radical (unpaired) electrons. The Hall–Kier alpha value is -4.12. The lowest BCUT2D eigenvalue weighted by Gasteiger charge is -2.21. The predicted molar refractivity (Wildman–Crippen MR) is 325 cm³/mol. The minimum atomic E-state index is -4.77. The molecule has 0 amide bonds. The van der Waals surface area contributed by atoms with Gasteiger partial charge in [0, 0.05) is 19.3 Å². The molecule has 0 bridgehead atoms. The topological polar surface area (TPSA) is 155 Å². The van der Waals surface area contributed by atoms with Crippen LogP contribution < -0.4 is 0 Å². The number of phosphoric acid groups is 1. The maximum atomic E-state index is 12.9. The number of carbonyl (C=O) groups excluding carboxylic acids is 3. The molecule has 3 unspecified atom stereocenters. The third-order valence-corrected chi connectivity index (χ3v) is 13.3. The molecule has 0 rings (SSSR count). The number of aliphatic hydroxyl groups is 1. The largest absolute Gasteiger partial charge is 0.472 e. The van der Waals surface area contributed by atoms with Gasteiger partial charge in [0.25, 0.3) is 0 Å². The van der Waals surface area contributed by atoms with Crippen molar-refractivity contribution in [1.82, 2.24) is 0 Å². The molecule has 0 aliphatic heterocycles. The van der Waals surface area contributed by atoms with E-state index in [1.165, 1.54) is 32.1 Å². The summed E-state index contributed by atoms with van der Waals surface area (Å²) in [6, 6.07) is 0. The summed E-state index contributed by atoms with van der Waals surface area (Å²) in [5.41, 5.74) is 0. The molecule has 2 N–H and O–H groups in total. The van der Waals surface area contributed by atoms with Crippen molar-refractivity contribution >= 4 is 25.7 Å². The molecule has 12 heteroatoms. The van der Waals surface area contributed by atoms with Crippen molar-refractivity contribution in [2.45, 2.75) is 251 Å². The first kappa shape index (κ1) is 73.9. The highest BCUT2D eigenvalue weighted by molar-refractivity contribution is 7.47. The number of unbranched alkanes of at least 4 members (excludes halogenated alkanes) is 18. The zero-order valence-electron chi connectivity index (χ0n) is 49.1. The number of allylic oxidation sites excluding steroid dienone is 20. The van der Waals surface area contributed by atoms with E-state index in [1.54, 1.807) is 0 Å². The Labute approximate surface area is 475 Å². The normalized spacial score (nSPS) is 14.2. The van der Waals surface area contributed by atoms with Crippen molar-refractivity contribution < 1.29 is 52.2 Å². The Kier molecular flexibility index (Phi) is 55.9. The van der Waals surface area contributed by atoms with E-state index < -0.39 is 57.8 Å². The maximum absolute atomic E-state index is 12.9. The minimum absolute atomic E-state index is 0.119. The summed E-state index contributed by atoms with van der Waals surface area (Å²) in [5, 5.41) is 9.83. The van der Waals surface area contributed by atoms with Gasteiger partial charge in [-0.2, -0.15) is 0 Å². The molecule has 0 aliphatic carbocycles. The van der Waals surface area contributed by atoms with E-state index in [0.717, 1.165) is 148 Å². The van der Waals surface area contributed by atoms with Crippen LogP contribution in [0.3, 0.4) is 0 Å². The van der Waals surface area contributed by atoms with Crippen molar-refractivity contribution in [1.29, 1.82) is 0 Å². The standard InChI is InChI=1S/C66H109O11P/c1-4-7-10-13-16-19-22-25-28-30-31-33-36-39-42-45-48-51-54-57-66(70)77-63(59-73-64(68)55-52-49-46-43-40-37-35-32-29-26-23-20-17-14-11-8-5-2)61-75-78(71,72)74-60-62(58-67)76-65(69)56-53-50-47-44-41-38-34-27-24-21-18-15-12-9-6-3/h7-8,10-11,16-21,25-29,31,33-34,39,42,62-63,67H,4-6,9,12-15,22-24,30,32,35-38,40-41,43-61H2,1-3H3,(H,71,72)/b10-7-,11-8-,19-16-,20-17-,21-18-,28-25-,29-26-,33-31-,34-27-,42-39-. The summed E-state index contributed by atoms with van der Waals surface area (Å²) < 4.78 is 39.6. The first-order chi connectivity index (χ1) is 38.2. The van der Waals surface area contributed by atoms with E-state index in [0.29, 0.717) is 19.3 Å². The quantitative estimate of drug-likeness (QED) is 0.0197. The van der Waals surface area contributed by atoms with E-state index in [2.05, 4.69) is 142 Å². The van der Waals surface area contributed by atoms with Crippen molar-refractivity contribution in [2.24, 2.45) is 0 Å². The van der Waals surface area contributed by atoms with E-state index in [1.807, 2.05) is 0 Å². The molecule has 11 nitrogen and oxygen atoms in total. The zero-order valence-corrected chi connectivity index (χ0v) is 50.0. The SMILES string of the molecule is CC/C=C\C/C=C\C/C=C\C/C=C\C/C=C\CCCCCC(=O)OC(COC(=O)CCCCCCCCC/C=C\C/C=C\C/C=C\CC)COP(=O)(O)OCC(CO)OC(=O)CCCCCCC/C=C\C/C=C\CCCCC. The Morgan fingerprint density at radius 3 is 1.04 bits per heavy atom. The number of ether oxygens (including phenoxy) is 3. The molecule has 0 spiro atoms. The average Bonchev–Trinajstić information content (AvgIpc) is 3.43. The number of rotatable bonds is 55. The highest BCUT2D eigenvalue weighted by Gasteiger charge is 2.28. The Bertz CT molecular complexity index is 1770. The third-order valence-electron chi connectivity index (χ3n) is 12.3. The van der Waals surface area contributed by atoms with Crippen molar-refractivity contribution in [3.05, 3.63) is 122 Å². The van der Waals surface area contributed by atoms with E-state index in [9.17, 15) is 28.9 Å². The van der Waals surface area contributed by atoms with E-state index in [4.69, 9.17) is 23.3 Å². The number of phosphoric ester groups is 1. The van der Waals surface area contributed by atoms with Gasteiger partial charge in [-0.3, -0.25) is 23.4 Å². The van der Waals surface area contributed by atoms with Gasteiger partial charge in [0.05, 0.1) is 19.8 Å². The Morgan fingerprint density at radius 2 is 0.667 bits per heavy atom. The fourth-order valence-corrected chi connectivity index (χ4v) is 8.56. The van der Waals surface area contributed by atoms with Gasteiger partial charge in [-0.15, -0.1) is 0 Å². The average molecular weight is 1110 g/mol. The first-order valence-corrected chi connectivity index (χ1v) is 31.9. The molecule has 0 fully saturated rings. The fraction of sp³-hybridized carbons (Fsp3) is 0.652. The first-order valence-electron chi connectivity index (χ1n) is 30.4. The van der Waals surface area contributed by atoms with E-state index in [-0.39, 0.29) is 25.9 Å². The molecule has 0 saturated heterocycles. The summed E-state index contributed by atoms with van der Waals surface area (Å²) in [7, 11) is -4.77. The molecule has 0 saturated carbocycles. The van der Waals surface area contributed by atoms with Crippen LogP contribution in [0.4, 0.5) is 0 Å². The van der Waals surface area contributed by atoms with Crippen LogP contribution in [0.15, 0.2) is 122 Å². The van der Waals surface area contributed by atoms with E-state index >= 15 is 0 Å². The van der Waals surface area contributed by atoms with Crippen molar-refractivity contribution in [3.8, 4) is 0 Å². The van der Waals surface area contributed by atoms with Crippen LogP contribution in [-0.2, 0) is 42.2 Å². The van der Waals surface area contributed by atoms with Gasteiger partial charge in [0.1, 0.15) is 12.7 Å². The number of carbonyl (C=O) groups is 3. The van der Waals surface area contributed by atoms with Crippen LogP contribution in [0.2, 0.25) is 0 Å². The smallest absolute Gasteiger partial charge is 0.462 e. The van der Waals surface area contributed by atoms with Crippen molar-refractivity contribution in [2.75, 3.05) is 26.4 Å². The molecule has 0 heterocycles. The molecular formula is C66H109O11P. The predicted octanol–water partition coefficient (Wildman–Crippen LogP) is 18.4. The number of hydrogen-bond acceptors (Lipinski definition) is 10. The number of aliphatic hydroxyl groups excluding tert-OH is 1. The third kappa shape index (κ3) is 56.6. The second kappa shape index (κ2) is 59.0. The summed E-state index contributed by atoms with van der Waals surface area (Å²) in [5.74, 6) is -1.54. The molecule has 0 aromatic carbocycles. The highest BCUT2D eigenvalue weighted by Crippen LogP contribution is 2.43. The number of esters is 3. The van der Waals surface area contributed by atoms with Crippen molar-refractivity contribution in [3.63, 3.8) is 0 Å². The van der Waals surface area contributed by atoms with Crippen LogP contribution in [-0.4, -0.2) is 66.5 Å². The molecule has 444 valence electrons. The van der Waals surface area contributed by atoms with Gasteiger partial charge in [-0.1, -0.05) is 213 Å². The lowest BCUT2D eigenvalue weighted by atomic mass is 10.1. The lowest BCUT2D eigenvalue weighted by molar-refractivity contribution is -0.161. The molecule has 0 aromatic heterocycles. The second-order valence-corrected chi connectivity index (χ2v) is 21.2. The summed E-state index contributed by atoms with van der Waals surface area (Å²) in [6.45, 7) is 4.33. The number of hydrogen-bond donors (Lipinski definition) is 2. The maximum Gasteiger partial charge on any atom is 0.472 e.